The summed E-state index contributed by atoms with van der Waals surface area (Å²) in [7, 11) is 0. The van der Waals surface area contributed by atoms with E-state index in [0.717, 1.165) is 5.69 Å². The van der Waals surface area contributed by atoms with Crippen molar-refractivity contribution in [2.45, 2.75) is 32.0 Å². The van der Waals surface area contributed by atoms with Crippen molar-refractivity contribution < 1.29 is 18.0 Å². The van der Waals surface area contributed by atoms with Crippen molar-refractivity contribution in [1.29, 1.82) is 0 Å². The van der Waals surface area contributed by atoms with Gasteiger partial charge in [0, 0.05) is 24.9 Å². The summed E-state index contributed by atoms with van der Waals surface area (Å²) in [5.74, 6) is -1.13. The van der Waals surface area contributed by atoms with Crippen molar-refractivity contribution in [1.82, 2.24) is 29.5 Å². The first kappa shape index (κ1) is 18.5. The Bertz CT molecular complexity index is 1250. The molecule has 0 aromatic carbocycles. The van der Waals surface area contributed by atoms with Gasteiger partial charge in [-0.2, -0.15) is 5.10 Å². The molecule has 1 amide bonds. The molecule has 154 valence electrons. The lowest BCUT2D eigenvalue weighted by Crippen LogP contribution is -2.40. The van der Waals surface area contributed by atoms with E-state index in [2.05, 4.69) is 20.1 Å². The van der Waals surface area contributed by atoms with Gasteiger partial charge in [-0.15, -0.1) is 0 Å². The van der Waals surface area contributed by atoms with Crippen molar-refractivity contribution in [2.24, 2.45) is 0 Å². The minimum atomic E-state index is -1.81. The normalized spacial score (nSPS) is 16.8. The first-order valence-electron chi connectivity index (χ1n) is 9.45. The first-order valence-corrected chi connectivity index (χ1v) is 9.45. The number of pyridine rings is 1. The maximum absolute atomic E-state index is 14.2. The van der Waals surface area contributed by atoms with Gasteiger partial charge >= 0.3 is 0 Å². The van der Waals surface area contributed by atoms with Crippen molar-refractivity contribution >= 4 is 11.4 Å². The number of nitrogens with zero attached hydrogens (tertiary/aromatic N) is 5. The molecule has 0 spiro atoms. The van der Waals surface area contributed by atoms with Crippen molar-refractivity contribution in [2.75, 3.05) is 6.54 Å². The number of hydrogen-bond acceptors (Lipinski definition) is 5. The number of alkyl halides is 1. The lowest BCUT2D eigenvalue weighted by atomic mass is 9.99. The number of aromatic amines is 1. The lowest BCUT2D eigenvalue weighted by molar-refractivity contribution is 0.0643. The van der Waals surface area contributed by atoms with Crippen LogP contribution in [0.1, 0.15) is 53.4 Å². The molecule has 1 atom stereocenters. The molecule has 5 rings (SSSR count). The molecule has 1 aliphatic rings. The van der Waals surface area contributed by atoms with E-state index in [1.54, 1.807) is 29.6 Å². The average molecular weight is 412 g/mol. The number of hydrogen-bond donors (Lipinski definition) is 1. The molecule has 0 aliphatic carbocycles. The van der Waals surface area contributed by atoms with Crippen molar-refractivity contribution in [3.05, 3.63) is 71.5 Å². The molecule has 8 nitrogen and oxygen atoms in total. The third kappa shape index (κ3) is 2.87. The fourth-order valence-corrected chi connectivity index (χ4v) is 3.72. The largest absolute Gasteiger partial charge is 0.432 e. The standard InChI is InChI=1S/C20H18F2N6O2/c1-20(2,22)19-23-9-15(30-19)18(29)27-7-5-12-16(25-10-24-12)17(27)13-8-14-11(21)4-3-6-28(14)26-13/h3-4,6,8-10,17H,5,7H2,1-2H3,(H,24,25)/t17-/m1/s1. The van der Waals surface area contributed by atoms with Gasteiger partial charge in [-0.1, -0.05) is 0 Å². The number of imidazole rings is 1. The highest BCUT2D eigenvalue weighted by molar-refractivity contribution is 5.92. The molecule has 4 aromatic heterocycles. The number of H-pyrrole nitrogens is 1. The number of halogens is 2. The maximum atomic E-state index is 14.2. The topological polar surface area (TPSA) is 92.3 Å². The van der Waals surface area contributed by atoms with Gasteiger partial charge in [0.1, 0.15) is 17.4 Å². The number of rotatable bonds is 3. The second-order valence-corrected chi connectivity index (χ2v) is 7.67. The van der Waals surface area contributed by atoms with Crippen molar-refractivity contribution in [3.8, 4) is 0 Å². The Morgan fingerprint density at radius 1 is 1.37 bits per heavy atom. The smallest absolute Gasteiger partial charge is 0.292 e. The van der Waals surface area contributed by atoms with Crippen LogP contribution in [0, 0.1) is 5.82 Å². The van der Waals surface area contributed by atoms with Gasteiger partial charge in [-0.3, -0.25) is 4.79 Å². The number of aromatic nitrogens is 5. The highest BCUT2D eigenvalue weighted by Crippen LogP contribution is 2.35. The number of oxazole rings is 1. The molecule has 1 aliphatic heterocycles. The fraction of sp³-hybridized carbons (Fsp3) is 0.300. The van der Waals surface area contributed by atoms with Crippen LogP contribution in [0.25, 0.3) is 5.52 Å². The van der Waals surface area contributed by atoms with Gasteiger partial charge in [0.15, 0.2) is 5.67 Å². The summed E-state index contributed by atoms with van der Waals surface area (Å²) in [5, 5.41) is 4.47. The second kappa shape index (κ2) is 6.48. The van der Waals surface area contributed by atoms with Gasteiger partial charge in [-0.25, -0.2) is 23.3 Å². The molecule has 4 aromatic rings. The van der Waals surface area contributed by atoms with E-state index in [1.165, 1.54) is 30.6 Å². The van der Waals surface area contributed by atoms with E-state index in [0.29, 0.717) is 29.9 Å². The monoisotopic (exact) mass is 412 g/mol. The number of carbonyl (C=O) groups is 1. The number of nitrogens with one attached hydrogen (secondary N) is 1. The molecule has 0 bridgehead atoms. The van der Waals surface area contributed by atoms with Gasteiger partial charge in [0.25, 0.3) is 5.91 Å². The fourth-order valence-electron chi connectivity index (χ4n) is 3.72. The van der Waals surface area contributed by atoms with Crippen LogP contribution < -0.4 is 0 Å². The zero-order chi connectivity index (χ0) is 21.0. The van der Waals surface area contributed by atoms with Gasteiger partial charge in [0.2, 0.25) is 11.7 Å². The highest BCUT2D eigenvalue weighted by Gasteiger charge is 2.38. The Balaban J connectivity index is 1.59. The van der Waals surface area contributed by atoms with Crippen LogP contribution in [0.15, 0.2) is 41.3 Å². The Kier molecular flexibility index (Phi) is 3.99. The molecule has 0 unspecified atom stereocenters. The van der Waals surface area contributed by atoms with Crippen LogP contribution in [-0.4, -0.2) is 41.9 Å². The molecular formula is C20H18F2N6O2. The number of fused-ring (bicyclic) bond motifs is 2. The van der Waals surface area contributed by atoms with E-state index in [-0.39, 0.29) is 11.7 Å². The molecular weight excluding hydrogens is 394 g/mol. The second-order valence-electron chi connectivity index (χ2n) is 7.67. The summed E-state index contributed by atoms with van der Waals surface area (Å²) in [6, 6.07) is 3.84. The summed E-state index contributed by atoms with van der Waals surface area (Å²) < 4.78 is 35.2. The Morgan fingerprint density at radius 3 is 2.93 bits per heavy atom. The van der Waals surface area contributed by atoms with Crippen LogP contribution in [0.2, 0.25) is 0 Å². The quantitative estimate of drug-likeness (QED) is 0.558. The summed E-state index contributed by atoms with van der Waals surface area (Å²) >= 11 is 0. The zero-order valence-electron chi connectivity index (χ0n) is 16.3. The van der Waals surface area contributed by atoms with E-state index < -0.39 is 23.4 Å². The molecule has 1 N–H and O–H groups in total. The molecule has 0 saturated heterocycles. The molecule has 5 heterocycles. The lowest BCUT2D eigenvalue weighted by Gasteiger charge is -2.33. The predicted octanol–water partition coefficient (Wildman–Crippen LogP) is 3.18. The van der Waals surface area contributed by atoms with Crippen molar-refractivity contribution in [3.63, 3.8) is 0 Å². The Hall–Kier alpha value is -3.56. The summed E-state index contributed by atoms with van der Waals surface area (Å²) in [6.45, 7) is 2.96. The SMILES string of the molecule is CC(C)(F)c1ncc(C(=O)N2CCc3[nH]cnc3[C@H]2c2cc3c(F)cccn3n2)o1. The summed E-state index contributed by atoms with van der Waals surface area (Å²) in [4.78, 5) is 26.2. The highest BCUT2D eigenvalue weighted by atomic mass is 19.1. The Morgan fingerprint density at radius 2 is 2.20 bits per heavy atom. The third-order valence-corrected chi connectivity index (χ3v) is 5.16. The van der Waals surface area contributed by atoms with Crippen LogP contribution in [-0.2, 0) is 12.1 Å². The van der Waals surface area contributed by atoms with Crippen LogP contribution in [0.4, 0.5) is 8.78 Å². The van der Waals surface area contributed by atoms with E-state index in [4.69, 9.17) is 4.42 Å². The number of amides is 1. The van der Waals surface area contributed by atoms with E-state index >= 15 is 0 Å². The number of carbonyl (C=O) groups excluding carboxylic acids is 1. The molecule has 0 saturated carbocycles. The third-order valence-electron chi connectivity index (χ3n) is 5.16. The molecule has 0 fully saturated rings. The van der Waals surface area contributed by atoms with Gasteiger partial charge in [-0.05, 0) is 32.0 Å². The van der Waals surface area contributed by atoms with Crippen LogP contribution in [0.5, 0.6) is 0 Å². The maximum Gasteiger partial charge on any atom is 0.292 e. The Labute approximate surface area is 169 Å². The summed E-state index contributed by atoms with van der Waals surface area (Å²) in [5.41, 5.74) is 0.457. The molecule has 10 heteroatoms. The van der Waals surface area contributed by atoms with Crippen LogP contribution in [0.3, 0.4) is 0 Å². The molecule has 30 heavy (non-hydrogen) atoms. The molecule has 0 radical (unpaired) electrons. The van der Waals surface area contributed by atoms with Crippen LogP contribution >= 0.6 is 0 Å². The van der Waals surface area contributed by atoms with E-state index in [1.807, 2.05) is 0 Å². The first-order chi connectivity index (χ1) is 14.3. The zero-order valence-corrected chi connectivity index (χ0v) is 16.3. The van der Waals surface area contributed by atoms with Gasteiger partial charge < -0.3 is 14.3 Å². The van der Waals surface area contributed by atoms with Gasteiger partial charge in [0.05, 0.1) is 23.9 Å². The predicted molar refractivity (Wildman–Crippen MR) is 101 cm³/mol. The summed E-state index contributed by atoms with van der Waals surface area (Å²) in [6.07, 6.45) is 4.96. The average Bonchev–Trinajstić information content (AvgIpc) is 3.44. The minimum Gasteiger partial charge on any atom is -0.432 e. The minimum absolute atomic E-state index is 0.0744. The van der Waals surface area contributed by atoms with E-state index in [9.17, 15) is 13.6 Å².